The average Bonchev–Trinajstić information content (AvgIpc) is 2.37. The standard InChI is InChI=1S/C10H22.4C2H6/c1-6-7-10(4,5)8-9(2)3;4*1-2/h9H,6-8H2,1-5H3;4*1-2H3. The zero-order valence-electron chi connectivity index (χ0n) is 16.2. The van der Waals surface area contributed by atoms with Crippen LogP contribution in [0.3, 0.4) is 0 Å². The summed E-state index contributed by atoms with van der Waals surface area (Å²) < 4.78 is 0. The van der Waals surface area contributed by atoms with Gasteiger partial charge in [-0.3, -0.25) is 0 Å². The summed E-state index contributed by atoms with van der Waals surface area (Å²) in [5, 5.41) is 0. The van der Waals surface area contributed by atoms with Crippen LogP contribution >= 0.6 is 0 Å². The van der Waals surface area contributed by atoms with Crippen molar-refractivity contribution in [2.24, 2.45) is 11.3 Å². The van der Waals surface area contributed by atoms with Crippen LogP contribution in [0.2, 0.25) is 0 Å². The lowest BCUT2D eigenvalue weighted by Crippen LogP contribution is -2.13. The van der Waals surface area contributed by atoms with E-state index in [9.17, 15) is 0 Å². The van der Waals surface area contributed by atoms with Crippen LogP contribution in [0.25, 0.3) is 0 Å². The summed E-state index contributed by atoms with van der Waals surface area (Å²) in [6, 6.07) is 0. The molecular formula is C18H46. The van der Waals surface area contributed by atoms with Crippen LogP contribution in [0.4, 0.5) is 0 Å². The molecule has 0 unspecified atom stereocenters. The molecule has 0 spiro atoms. The highest BCUT2D eigenvalue weighted by Gasteiger charge is 2.17. The molecule has 0 aromatic heterocycles. The van der Waals surface area contributed by atoms with E-state index in [4.69, 9.17) is 0 Å². The Morgan fingerprint density at radius 2 is 1.00 bits per heavy atom. The van der Waals surface area contributed by atoms with E-state index >= 15 is 0 Å². The van der Waals surface area contributed by atoms with Gasteiger partial charge in [-0.05, 0) is 24.2 Å². The summed E-state index contributed by atoms with van der Waals surface area (Å²) in [5.74, 6) is 0.849. The minimum atomic E-state index is 0.572. The molecule has 0 aliphatic rings. The van der Waals surface area contributed by atoms with Gasteiger partial charge in [0.05, 0.1) is 0 Å². The van der Waals surface area contributed by atoms with Crippen LogP contribution in [0.1, 0.15) is 109 Å². The van der Waals surface area contributed by atoms with Gasteiger partial charge in [0, 0.05) is 0 Å². The first-order valence-electron chi connectivity index (χ1n) is 8.48. The summed E-state index contributed by atoms with van der Waals surface area (Å²) in [5.41, 5.74) is 0.572. The number of hydrogen-bond donors (Lipinski definition) is 0. The molecule has 0 atom stereocenters. The molecule has 0 N–H and O–H groups in total. The second-order valence-corrected chi connectivity index (χ2v) is 4.51. The van der Waals surface area contributed by atoms with Crippen molar-refractivity contribution in [1.82, 2.24) is 0 Å². The smallest absolute Gasteiger partial charge is 0.0352 e. The molecule has 0 aliphatic carbocycles. The van der Waals surface area contributed by atoms with Crippen LogP contribution in [0.5, 0.6) is 0 Å². The molecule has 0 saturated carbocycles. The lowest BCUT2D eigenvalue weighted by Gasteiger charge is -2.25. The van der Waals surface area contributed by atoms with Gasteiger partial charge in [-0.25, -0.2) is 0 Å². The molecule has 0 heterocycles. The summed E-state index contributed by atoms with van der Waals surface area (Å²) >= 11 is 0. The van der Waals surface area contributed by atoms with Gasteiger partial charge in [0.15, 0.2) is 0 Å². The van der Waals surface area contributed by atoms with Crippen molar-refractivity contribution in [1.29, 1.82) is 0 Å². The minimum absolute atomic E-state index is 0.572. The van der Waals surface area contributed by atoms with Gasteiger partial charge in [0.2, 0.25) is 0 Å². The van der Waals surface area contributed by atoms with E-state index in [1.54, 1.807) is 0 Å². The Labute approximate surface area is 121 Å². The third kappa shape index (κ3) is 44.4. The third-order valence-corrected chi connectivity index (χ3v) is 1.89. The van der Waals surface area contributed by atoms with Crippen LogP contribution in [0.15, 0.2) is 0 Å². The van der Waals surface area contributed by atoms with Gasteiger partial charge in [0.25, 0.3) is 0 Å². The van der Waals surface area contributed by atoms with Gasteiger partial charge in [-0.2, -0.15) is 0 Å². The maximum Gasteiger partial charge on any atom is -0.0352 e. The fourth-order valence-electron chi connectivity index (χ4n) is 1.88. The van der Waals surface area contributed by atoms with E-state index in [0.29, 0.717) is 5.41 Å². The predicted octanol–water partition coefficient (Wildman–Crippen LogP) is 7.96. The summed E-state index contributed by atoms with van der Waals surface area (Å²) in [6.45, 7) is 27.6. The Kier molecular flexibility index (Phi) is 51.7. The van der Waals surface area contributed by atoms with E-state index in [1.165, 1.54) is 19.3 Å². The molecule has 0 amide bonds. The highest BCUT2D eigenvalue weighted by atomic mass is 14.2. The molecule has 0 aromatic rings. The topological polar surface area (TPSA) is 0 Å². The highest BCUT2D eigenvalue weighted by Crippen LogP contribution is 2.29. The highest BCUT2D eigenvalue weighted by molar-refractivity contribution is 4.69. The molecule has 0 nitrogen and oxygen atoms in total. The summed E-state index contributed by atoms with van der Waals surface area (Å²) in [6.07, 6.45) is 4.05. The van der Waals surface area contributed by atoms with E-state index < -0.39 is 0 Å². The molecule has 0 rings (SSSR count). The largest absolute Gasteiger partial charge is 0.0683 e. The van der Waals surface area contributed by atoms with E-state index in [-0.39, 0.29) is 0 Å². The molecule has 0 fully saturated rings. The second kappa shape index (κ2) is 30.2. The fourth-order valence-corrected chi connectivity index (χ4v) is 1.88. The maximum atomic E-state index is 2.37. The number of rotatable bonds is 4. The Bertz CT molecular complexity index is 80.0. The molecule has 18 heavy (non-hydrogen) atoms. The van der Waals surface area contributed by atoms with Crippen molar-refractivity contribution in [3.63, 3.8) is 0 Å². The quantitative estimate of drug-likeness (QED) is 0.482. The van der Waals surface area contributed by atoms with Gasteiger partial charge in [0.1, 0.15) is 0 Å². The van der Waals surface area contributed by atoms with Gasteiger partial charge in [-0.1, -0.05) is 96.4 Å². The lowest BCUT2D eigenvalue weighted by atomic mass is 9.80. The third-order valence-electron chi connectivity index (χ3n) is 1.89. The SMILES string of the molecule is CC.CC.CC.CC.CCCC(C)(C)CC(C)C. The Morgan fingerprint density at radius 1 is 0.722 bits per heavy atom. The predicted molar refractivity (Wildman–Crippen MR) is 93.5 cm³/mol. The molecule has 0 heteroatoms. The molecule has 0 bridgehead atoms. The molecular weight excluding hydrogens is 216 g/mol. The molecule has 0 saturated heterocycles. The average molecular weight is 263 g/mol. The lowest BCUT2D eigenvalue weighted by molar-refractivity contribution is 0.263. The summed E-state index contributed by atoms with van der Waals surface area (Å²) in [7, 11) is 0. The first-order chi connectivity index (χ1) is 8.48. The molecule has 0 aromatic carbocycles. The van der Waals surface area contributed by atoms with Gasteiger partial charge in [-0.15, -0.1) is 0 Å². The zero-order valence-corrected chi connectivity index (χ0v) is 16.2. The van der Waals surface area contributed by atoms with Crippen LogP contribution in [-0.2, 0) is 0 Å². The first kappa shape index (κ1) is 30.8. The van der Waals surface area contributed by atoms with Gasteiger partial charge < -0.3 is 0 Å². The second-order valence-electron chi connectivity index (χ2n) is 4.51. The Balaban J connectivity index is -0.0000000596. The summed E-state index contributed by atoms with van der Waals surface area (Å²) in [4.78, 5) is 0. The van der Waals surface area contributed by atoms with Crippen molar-refractivity contribution in [2.75, 3.05) is 0 Å². The van der Waals surface area contributed by atoms with Gasteiger partial charge >= 0.3 is 0 Å². The monoisotopic (exact) mass is 262 g/mol. The molecule has 0 radical (unpaired) electrons. The molecule has 118 valence electrons. The fraction of sp³-hybridized carbons (Fsp3) is 1.00. The van der Waals surface area contributed by atoms with Crippen molar-refractivity contribution in [2.45, 2.75) is 109 Å². The normalized spacial score (nSPS) is 8.33. The van der Waals surface area contributed by atoms with Crippen molar-refractivity contribution in [3.05, 3.63) is 0 Å². The molecule has 0 aliphatic heterocycles. The van der Waals surface area contributed by atoms with Crippen LogP contribution in [0, 0.1) is 11.3 Å². The van der Waals surface area contributed by atoms with E-state index in [1.807, 2.05) is 55.4 Å². The van der Waals surface area contributed by atoms with Crippen molar-refractivity contribution < 1.29 is 0 Å². The van der Waals surface area contributed by atoms with Crippen molar-refractivity contribution >= 4 is 0 Å². The minimum Gasteiger partial charge on any atom is -0.0683 e. The number of hydrogen-bond acceptors (Lipinski definition) is 0. The van der Waals surface area contributed by atoms with Crippen LogP contribution in [-0.4, -0.2) is 0 Å². The van der Waals surface area contributed by atoms with E-state index in [0.717, 1.165) is 5.92 Å². The van der Waals surface area contributed by atoms with E-state index in [2.05, 4.69) is 34.6 Å². The Hall–Kier alpha value is 0. The van der Waals surface area contributed by atoms with Crippen molar-refractivity contribution in [3.8, 4) is 0 Å². The van der Waals surface area contributed by atoms with Crippen LogP contribution < -0.4 is 0 Å². The zero-order chi connectivity index (χ0) is 16.2. The first-order valence-corrected chi connectivity index (χ1v) is 8.48. The maximum absolute atomic E-state index is 2.37. The Morgan fingerprint density at radius 3 is 1.17 bits per heavy atom.